The summed E-state index contributed by atoms with van der Waals surface area (Å²) in [6.45, 7) is 1.13. The molecule has 0 spiro atoms. The van der Waals surface area contributed by atoms with Crippen LogP contribution in [0.25, 0.3) is 11.3 Å². The van der Waals surface area contributed by atoms with Crippen molar-refractivity contribution in [2.24, 2.45) is 5.92 Å². The molecular formula is C18H22N4O3S. The molecule has 1 amide bonds. The first kappa shape index (κ1) is 18.3. The lowest BCUT2D eigenvalue weighted by Crippen LogP contribution is -2.41. The fourth-order valence-electron chi connectivity index (χ4n) is 3.30. The van der Waals surface area contributed by atoms with Gasteiger partial charge in [0.2, 0.25) is 0 Å². The average Bonchev–Trinajstić information content (AvgIpc) is 2.60. The second-order valence-electron chi connectivity index (χ2n) is 6.76. The van der Waals surface area contributed by atoms with Gasteiger partial charge < -0.3 is 10.6 Å². The third kappa shape index (κ3) is 4.57. The Bertz CT molecular complexity index is 897. The molecule has 3 rings (SSSR count). The van der Waals surface area contributed by atoms with Crippen molar-refractivity contribution in [2.75, 3.05) is 30.8 Å². The molecule has 1 aromatic carbocycles. The molecule has 0 aliphatic carbocycles. The first-order valence-corrected chi connectivity index (χ1v) is 10.5. The largest absolute Gasteiger partial charge is 0.382 e. The minimum absolute atomic E-state index is 0.00421. The first-order chi connectivity index (χ1) is 12.3. The lowest BCUT2D eigenvalue weighted by atomic mass is 9.99. The quantitative estimate of drug-likeness (QED) is 0.872. The standard InChI is InChI=1S/C18H22N4O3S/c1-26(24,25)12-13-3-2-8-22(11-13)18(23)15-6-4-14(5-7-15)16-9-20-10-17(19)21-16/h4-7,9-10,13H,2-3,8,11-12H2,1H3,(H2,19,21). The van der Waals surface area contributed by atoms with E-state index in [1.165, 1.54) is 12.5 Å². The normalized spacial score (nSPS) is 17.9. The highest BCUT2D eigenvalue weighted by Crippen LogP contribution is 2.22. The van der Waals surface area contributed by atoms with Crippen LogP contribution in [0.5, 0.6) is 0 Å². The molecule has 2 N–H and O–H groups in total. The molecule has 0 bridgehead atoms. The van der Waals surface area contributed by atoms with E-state index in [0.29, 0.717) is 30.2 Å². The van der Waals surface area contributed by atoms with Gasteiger partial charge in [0.05, 0.1) is 23.8 Å². The van der Waals surface area contributed by atoms with Crippen molar-refractivity contribution >= 4 is 21.6 Å². The molecule has 2 heterocycles. The second kappa shape index (κ2) is 7.41. The van der Waals surface area contributed by atoms with Gasteiger partial charge in [-0.15, -0.1) is 0 Å². The van der Waals surface area contributed by atoms with Crippen LogP contribution in [-0.2, 0) is 9.84 Å². The zero-order valence-electron chi connectivity index (χ0n) is 14.6. The molecule has 1 atom stereocenters. The van der Waals surface area contributed by atoms with Crippen LogP contribution in [0.15, 0.2) is 36.7 Å². The summed E-state index contributed by atoms with van der Waals surface area (Å²) in [5, 5.41) is 0. The monoisotopic (exact) mass is 374 g/mol. The van der Waals surface area contributed by atoms with Crippen molar-refractivity contribution in [3.05, 3.63) is 42.2 Å². The topological polar surface area (TPSA) is 106 Å². The Morgan fingerprint density at radius 3 is 2.65 bits per heavy atom. The molecule has 1 aliphatic heterocycles. The van der Waals surface area contributed by atoms with Crippen molar-refractivity contribution in [1.29, 1.82) is 0 Å². The van der Waals surface area contributed by atoms with Gasteiger partial charge in [0.15, 0.2) is 0 Å². The Hall–Kier alpha value is -2.48. The molecule has 1 unspecified atom stereocenters. The van der Waals surface area contributed by atoms with Crippen LogP contribution in [-0.4, -0.2) is 54.3 Å². The summed E-state index contributed by atoms with van der Waals surface area (Å²) in [4.78, 5) is 22.7. The summed E-state index contributed by atoms with van der Waals surface area (Å²) in [5.41, 5.74) is 7.70. The van der Waals surface area contributed by atoms with Crippen LogP contribution < -0.4 is 5.73 Å². The molecule has 138 valence electrons. The maximum Gasteiger partial charge on any atom is 0.253 e. The van der Waals surface area contributed by atoms with Gasteiger partial charge >= 0.3 is 0 Å². The van der Waals surface area contributed by atoms with Crippen LogP contribution in [0.4, 0.5) is 5.82 Å². The number of hydrogen-bond acceptors (Lipinski definition) is 6. The lowest BCUT2D eigenvalue weighted by Gasteiger charge is -2.32. The maximum atomic E-state index is 12.7. The first-order valence-electron chi connectivity index (χ1n) is 8.47. The van der Waals surface area contributed by atoms with E-state index in [0.717, 1.165) is 18.4 Å². The summed E-state index contributed by atoms with van der Waals surface area (Å²) >= 11 is 0. The molecule has 8 heteroatoms. The number of amides is 1. The van der Waals surface area contributed by atoms with Crippen molar-refractivity contribution < 1.29 is 13.2 Å². The van der Waals surface area contributed by atoms with Crippen LogP contribution in [0.3, 0.4) is 0 Å². The van der Waals surface area contributed by atoms with Gasteiger partial charge in [-0.25, -0.2) is 13.4 Å². The summed E-state index contributed by atoms with van der Waals surface area (Å²) in [7, 11) is -3.04. The number of carbonyl (C=O) groups excluding carboxylic acids is 1. The summed E-state index contributed by atoms with van der Waals surface area (Å²) in [6, 6.07) is 7.13. The van der Waals surface area contributed by atoms with E-state index in [1.54, 1.807) is 23.2 Å². The van der Waals surface area contributed by atoms with Gasteiger partial charge in [0.1, 0.15) is 15.7 Å². The van der Waals surface area contributed by atoms with E-state index in [-0.39, 0.29) is 17.6 Å². The highest BCUT2D eigenvalue weighted by atomic mass is 32.2. The third-order valence-corrected chi connectivity index (χ3v) is 5.50. The second-order valence-corrected chi connectivity index (χ2v) is 8.94. The lowest BCUT2D eigenvalue weighted by molar-refractivity contribution is 0.0684. The van der Waals surface area contributed by atoms with Gasteiger partial charge in [-0.1, -0.05) is 12.1 Å². The molecule has 2 aromatic rings. The minimum atomic E-state index is -3.04. The van der Waals surface area contributed by atoms with Crippen molar-refractivity contribution in [2.45, 2.75) is 12.8 Å². The maximum absolute atomic E-state index is 12.7. The van der Waals surface area contributed by atoms with Crippen LogP contribution in [0.2, 0.25) is 0 Å². The number of rotatable bonds is 4. The number of hydrogen-bond donors (Lipinski definition) is 1. The molecule has 0 radical (unpaired) electrons. The van der Waals surface area contributed by atoms with E-state index in [4.69, 9.17) is 5.73 Å². The number of nitrogen functional groups attached to an aromatic ring is 1. The van der Waals surface area contributed by atoms with E-state index >= 15 is 0 Å². The Balaban J connectivity index is 1.71. The number of sulfone groups is 1. The van der Waals surface area contributed by atoms with Gasteiger partial charge in [0.25, 0.3) is 5.91 Å². The molecule has 1 fully saturated rings. The van der Waals surface area contributed by atoms with Crippen LogP contribution in [0.1, 0.15) is 23.2 Å². The van der Waals surface area contributed by atoms with Crippen molar-refractivity contribution in [3.63, 3.8) is 0 Å². The van der Waals surface area contributed by atoms with Gasteiger partial charge in [-0.3, -0.25) is 9.78 Å². The van der Waals surface area contributed by atoms with Crippen molar-refractivity contribution in [3.8, 4) is 11.3 Å². The molecule has 26 heavy (non-hydrogen) atoms. The van der Waals surface area contributed by atoms with Gasteiger partial charge in [-0.05, 0) is 30.9 Å². The summed E-state index contributed by atoms with van der Waals surface area (Å²) in [6.07, 6.45) is 6.00. The number of nitrogens with two attached hydrogens (primary N) is 1. The third-order valence-electron chi connectivity index (χ3n) is 4.43. The molecule has 1 saturated heterocycles. The predicted molar refractivity (Wildman–Crippen MR) is 100 cm³/mol. The number of likely N-dealkylation sites (tertiary alicyclic amines) is 1. The van der Waals surface area contributed by atoms with E-state index in [2.05, 4.69) is 9.97 Å². The molecular weight excluding hydrogens is 352 g/mol. The minimum Gasteiger partial charge on any atom is -0.382 e. The van der Waals surface area contributed by atoms with Crippen LogP contribution in [0, 0.1) is 5.92 Å². The number of aromatic nitrogens is 2. The van der Waals surface area contributed by atoms with Gasteiger partial charge in [0, 0.05) is 30.5 Å². The Morgan fingerprint density at radius 2 is 2.00 bits per heavy atom. The molecule has 1 aliphatic rings. The number of anilines is 1. The Kier molecular flexibility index (Phi) is 5.22. The SMILES string of the molecule is CS(=O)(=O)CC1CCCN(C(=O)c2ccc(-c3cncc(N)n3)cc2)C1. The van der Waals surface area contributed by atoms with E-state index < -0.39 is 9.84 Å². The zero-order chi connectivity index (χ0) is 18.7. The summed E-state index contributed by atoms with van der Waals surface area (Å²) < 4.78 is 23.0. The molecule has 1 aromatic heterocycles. The number of carbonyl (C=O) groups is 1. The Morgan fingerprint density at radius 1 is 1.27 bits per heavy atom. The zero-order valence-corrected chi connectivity index (χ0v) is 15.4. The number of piperidine rings is 1. The highest BCUT2D eigenvalue weighted by Gasteiger charge is 2.26. The highest BCUT2D eigenvalue weighted by molar-refractivity contribution is 7.90. The van der Waals surface area contributed by atoms with Crippen molar-refractivity contribution in [1.82, 2.24) is 14.9 Å². The number of benzene rings is 1. The average molecular weight is 374 g/mol. The van der Waals surface area contributed by atoms with E-state index in [1.807, 2.05) is 12.1 Å². The van der Waals surface area contributed by atoms with Crippen LogP contribution >= 0.6 is 0 Å². The predicted octanol–water partition coefficient (Wildman–Crippen LogP) is 1.62. The smallest absolute Gasteiger partial charge is 0.253 e. The van der Waals surface area contributed by atoms with Gasteiger partial charge in [-0.2, -0.15) is 0 Å². The Labute approximate surface area is 153 Å². The number of nitrogens with zero attached hydrogens (tertiary/aromatic N) is 3. The fraction of sp³-hybridized carbons (Fsp3) is 0.389. The molecule has 7 nitrogen and oxygen atoms in total. The fourth-order valence-corrected chi connectivity index (χ4v) is 4.43. The molecule has 0 saturated carbocycles. The summed E-state index contributed by atoms with van der Waals surface area (Å²) in [5.74, 6) is 0.398. The van der Waals surface area contributed by atoms with E-state index in [9.17, 15) is 13.2 Å².